The van der Waals surface area contributed by atoms with E-state index in [4.69, 9.17) is 9.79 Å². The second-order valence-electron chi connectivity index (χ2n) is 4.17. The molecule has 2 rings (SSSR count). The highest BCUT2D eigenvalue weighted by molar-refractivity contribution is 7.55. The van der Waals surface area contributed by atoms with Gasteiger partial charge in [-0.25, -0.2) is 0 Å². The molecule has 0 amide bonds. The van der Waals surface area contributed by atoms with Crippen molar-refractivity contribution in [3.63, 3.8) is 0 Å². The van der Waals surface area contributed by atoms with Gasteiger partial charge >= 0.3 is 7.60 Å². The zero-order valence-corrected chi connectivity index (χ0v) is 11.5. The van der Waals surface area contributed by atoms with Gasteiger partial charge in [-0.2, -0.15) is 0 Å². The quantitative estimate of drug-likeness (QED) is 0.842. The molecule has 0 aliphatic heterocycles. The predicted octanol–water partition coefficient (Wildman–Crippen LogP) is 3.32. The van der Waals surface area contributed by atoms with Crippen molar-refractivity contribution in [1.82, 2.24) is 0 Å². The van der Waals surface area contributed by atoms with Crippen molar-refractivity contribution in [2.45, 2.75) is 6.92 Å². The van der Waals surface area contributed by atoms with Crippen molar-refractivity contribution in [2.24, 2.45) is 0 Å². The fourth-order valence-electron chi connectivity index (χ4n) is 1.98. The smallest absolute Gasteiger partial charge is 0.347 e. The third-order valence-corrected chi connectivity index (χ3v) is 3.38. The molecule has 0 aliphatic rings. The lowest BCUT2D eigenvalue weighted by Crippen LogP contribution is -2.15. The maximum Gasteiger partial charge on any atom is 0.350 e. The lowest BCUT2D eigenvalue weighted by Gasteiger charge is -2.20. The number of fused-ring (bicyclic) bond motifs is 1. The second-order valence-corrected chi connectivity index (χ2v) is 5.65. The zero-order valence-electron chi connectivity index (χ0n) is 10.6. The first-order valence-electron chi connectivity index (χ1n) is 6.00. The van der Waals surface area contributed by atoms with Crippen LogP contribution in [0.4, 0.5) is 5.69 Å². The molecule has 100 valence electrons. The van der Waals surface area contributed by atoms with Gasteiger partial charge in [0.1, 0.15) is 0 Å². The van der Waals surface area contributed by atoms with Gasteiger partial charge in [0.2, 0.25) is 0 Å². The third-order valence-electron chi connectivity index (χ3n) is 2.86. The molecule has 0 saturated carbocycles. The first kappa shape index (κ1) is 13.8. The van der Waals surface area contributed by atoms with Crippen LogP contribution in [0.15, 0.2) is 54.5 Å². The fourth-order valence-corrected chi connectivity index (χ4v) is 2.32. The van der Waals surface area contributed by atoms with Crippen LogP contribution >= 0.6 is 7.60 Å². The number of anilines is 1. The maximum absolute atomic E-state index is 10.9. The van der Waals surface area contributed by atoms with Crippen LogP contribution in [0.25, 0.3) is 10.8 Å². The largest absolute Gasteiger partial charge is 0.350 e. The van der Waals surface area contributed by atoms with Gasteiger partial charge in [0, 0.05) is 29.6 Å². The highest BCUT2D eigenvalue weighted by Gasteiger charge is 2.09. The highest BCUT2D eigenvalue weighted by atomic mass is 31.2. The Morgan fingerprint density at radius 3 is 2.53 bits per heavy atom. The Morgan fingerprint density at radius 2 is 1.84 bits per heavy atom. The van der Waals surface area contributed by atoms with Crippen molar-refractivity contribution in [3.8, 4) is 0 Å². The Kier molecular flexibility index (Phi) is 4.05. The maximum atomic E-state index is 10.9. The molecular weight excluding hydrogens is 261 g/mol. The van der Waals surface area contributed by atoms with E-state index in [9.17, 15) is 4.57 Å². The summed E-state index contributed by atoms with van der Waals surface area (Å²) in [6, 6.07) is 13.8. The number of hydrogen-bond donors (Lipinski definition) is 2. The minimum Gasteiger partial charge on any atom is -0.347 e. The lowest BCUT2D eigenvalue weighted by molar-refractivity contribution is 0.386. The van der Waals surface area contributed by atoms with Crippen LogP contribution in [0.3, 0.4) is 0 Å². The minimum atomic E-state index is -4.14. The highest BCUT2D eigenvalue weighted by Crippen LogP contribution is 2.37. The molecule has 0 fully saturated rings. The lowest BCUT2D eigenvalue weighted by atomic mass is 10.1. The van der Waals surface area contributed by atoms with E-state index in [0.717, 1.165) is 22.3 Å². The summed E-state index contributed by atoms with van der Waals surface area (Å²) in [6.45, 7) is 2.57. The SMILES string of the molecule is CCN(/C=C/P(=O)(O)O)c1cccc2ccccc12. The van der Waals surface area contributed by atoms with E-state index >= 15 is 0 Å². The molecule has 0 bridgehead atoms. The van der Waals surface area contributed by atoms with Crippen molar-refractivity contribution in [2.75, 3.05) is 11.4 Å². The number of benzene rings is 2. The van der Waals surface area contributed by atoms with Crippen molar-refractivity contribution in [1.29, 1.82) is 0 Å². The van der Waals surface area contributed by atoms with E-state index in [-0.39, 0.29) is 0 Å². The van der Waals surface area contributed by atoms with E-state index in [1.165, 1.54) is 6.20 Å². The molecule has 0 unspecified atom stereocenters. The van der Waals surface area contributed by atoms with E-state index in [2.05, 4.69) is 0 Å². The predicted molar refractivity (Wildman–Crippen MR) is 78.2 cm³/mol. The fraction of sp³-hybridized carbons (Fsp3) is 0.143. The van der Waals surface area contributed by atoms with Crippen LogP contribution in [0, 0.1) is 0 Å². The van der Waals surface area contributed by atoms with Crippen LogP contribution in [0.2, 0.25) is 0 Å². The van der Waals surface area contributed by atoms with E-state index in [0.29, 0.717) is 6.54 Å². The molecule has 19 heavy (non-hydrogen) atoms. The van der Waals surface area contributed by atoms with Crippen molar-refractivity contribution >= 4 is 24.1 Å². The number of nitrogens with zero attached hydrogens (tertiary/aromatic N) is 1. The normalized spacial score (nSPS) is 12.2. The summed E-state index contributed by atoms with van der Waals surface area (Å²) in [5.74, 6) is 0.929. The van der Waals surface area contributed by atoms with Gasteiger partial charge < -0.3 is 14.7 Å². The molecule has 0 aromatic heterocycles. The summed E-state index contributed by atoms with van der Waals surface area (Å²) in [4.78, 5) is 19.7. The standard InChI is InChI=1S/C14H16NO3P/c1-2-15(10-11-19(16,17)18)14-9-5-7-12-6-3-4-8-13(12)14/h3-11H,2H2,1H3,(H2,16,17,18)/b11-10+. The topological polar surface area (TPSA) is 60.8 Å². The van der Waals surface area contributed by atoms with Gasteiger partial charge in [0.05, 0.1) is 0 Å². The molecule has 0 heterocycles. The molecule has 5 heteroatoms. The second kappa shape index (κ2) is 5.57. The molecule has 2 aromatic rings. The molecule has 0 saturated heterocycles. The summed E-state index contributed by atoms with van der Waals surface area (Å²) in [5, 5.41) is 2.16. The molecule has 0 aliphatic carbocycles. The van der Waals surface area contributed by atoms with Gasteiger partial charge in [-0.05, 0) is 18.4 Å². The Balaban J connectivity index is 2.47. The van der Waals surface area contributed by atoms with E-state index < -0.39 is 7.60 Å². The number of rotatable bonds is 4. The van der Waals surface area contributed by atoms with Crippen LogP contribution in [-0.4, -0.2) is 16.3 Å². The summed E-state index contributed by atoms with van der Waals surface area (Å²) in [7, 11) is -4.14. The van der Waals surface area contributed by atoms with Crippen LogP contribution in [0.5, 0.6) is 0 Å². The molecule has 2 aromatic carbocycles. The van der Waals surface area contributed by atoms with Gasteiger partial charge in [-0.3, -0.25) is 4.57 Å². The third kappa shape index (κ3) is 3.44. The molecular formula is C14H16NO3P. The Bertz CT molecular complexity index is 643. The Labute approximate surface area is 112 Å². The Hall–Kier alpha value is -1.61. The first-order chi connectivity index (χ1) is 9.01. The van der Waals surface area contributed by atoms with E-state index in [1.54, 1.807) is 0 Å². The average molecular weight is 277 g/mol. The summed E-state index contributed by atoms with van der Waals surface area (Å²) >= 11 is 0. The molecule has 0 radical (unpaired) electrons. The van der Waals surface area contributed by atoms with E-state index in [1.807, 2.05) is 54.3 Å². The van der Waals surface area contributed by atoms with Gasteiger partial charge in [0.25, 0.3) is 0 Å². The molecule has 0 spiro atoms. The summed E-state index contributed by atoms with van der Waals surface area (Å²) in [6.07, 6.45) is 1.45. The Morgan fingerprint density at radius 1 is 1.16 bits per heavy atom. The molecule has 4 nitrogen and oxygen atoms in total. The van der Waals surface area contributed by atoms with Crippen molar-refractivity contribution in [3.05, 3.63) is 54.5 Å². The van der Waals surface area contributed by atoms with Crippen LogP contribution in [0.1, 0.15) is 6.92 Å². The minimum absolute atomic E-state index is 0.629. The molecule has 2 N–H and O–H groups in total. The molecule has 0 atom stereocenters. The average Bonchev–Trinajstić information content (AvgIpc) is 2.38. The summed E-state index contributed by atoms with van der Waals surface area (Å²) < 4.78 is 10.9. The van der Waals surface area contributed by atoms with Crippen LogP contribution in [-0.2, 0) is 4.57 Å². The first-order valence-corrected chi connectivity index (χ1v) is 7.68. The van der Waals surface area contributed by atoms with Gasteiger partial charge in [-0.1, -0.05) is 36.4 Å². The van der Waals surface area contributed by atoms with Crippen molar-refractivity contribution < 1.29 is 14.4 Å². The van der Waals surface area contributed by atoms with Gasteiger partial charge in [0.15, 0.2) is 0 Å². The number of hydrogen-bond acceptors (Lipinski definition) is 2. The van der Waals surface area contributed by atoms with Gasteiger partial charge in [-0.15, -0.1) is 0 Å². The summed E-state index contributed by atoms with van der Waals surface area (Å²) in [5.41, 5.74) is 0.935. The monoisotopic (exact) mass is 277 g/mol. The van der Waals surface area contributed by atoms with Crippen LogP contribution < -0.4 is 4.90 Å². The zero-order chi connectivity index (χ0) is 13.9.